The van der Waals surface area contributed by atoms with Gasteiger partial charge in [0.1, 0.15) is 0 Å². The van der Waals surface area contributed by atoms with Gasteiger partial charge in [0, 0.05) is 18.1 Å². The molecular weight excluding hydrogens is 242 g/mol. The van der Waals surface area contributed by atoms with E-state index in [4.69, 9.17) is 0 Å². The first-order valence-corrected chi connectivity index (χ1v) is 8.02. The van der Waals surface area contributed by atoms with Crippen molar-refractivity contribution < 1.29 is 5.11 Å². The van der Waals surface area contributed by atoms with Gasteiger partial charge in [-0.1, -0.05) is 36.8 Å². The van der Waals surface area contributed by atoms with Gasteiger partial charge in [0.2, 0.25) is 0 Å². The molecule has 100 valence electrons. The monoisotopic (exact) mass is 265 g/mol. The van der Waals surface area contributed by atoms with Gasteiger partial charge in [0.05, 0.1) is 6.10 Å². The second kappa shape index (κ2) is 7.82. The average Bonchev–Trinajstić information content (AvgIpc) is 2.41. The highest BCUT2D eigenvalue weighted by Crippen LogP contribution is 2.14. The lowest BCUT2D eigenvalue weighted by molar-refractivity contribution is 0.117. The summed E-state index contributed by atoms with van der Waals surface area (Å²) in [7, 11) is 0. The van der Waals surface area contributed by atoms with Gasteiger partial charge in [-0.05, 0) is 31.5 Å². The zero-order valence-corrected chi connectivity index (χ0v) is 11.7. The lowest BCUT2D eigenvalue weighted by Crippen LogP contribution is -2.37. The Labute approximate surface area is 114 Å². The Morgan fingerprint density at radius 1 is 1.11 bits per heavy atom. The Morgan fingerprint density at radius 3 is 2.56 bits per heavy atom. The topological polar surface area (TPSA) is 23.5 Å². The van der Waals surface area contributed by atoms with E-state index in [1.807, 2.05) is 17.8 Å². The van der Waals surface area contributed by atoms with Gasteiger partial charge in [0.15, 0.2) is 0 Å². The Bertz CT molecular complexity index is 325. The predicted octanol–water partition coefficient (Wildman–Crippen LogP) is 2.77. The van der Waals surface area contributed by atoms with Crippen LogP contribution < -0.4 is 0 Å². The van der Waals surface area contributed by atoms with Crippen molar-refractivity contribution in [2.24, 2.45) is 0 Å². The average molecular weight is 265 g/mol. The second-order valence-electron chi connectivity index (χ2n) is 5.02. The van der Waals surface area contributed by atoms with Crippen molar-refractivity contribution in [1.29, 1.82) is 0 Å². The van der Waals surface area contributed by atoms with Crippen molar-refractivity contribution in [3.05, 3.63) is 35.9 Å². The molecule has 3 heteroatoms. The first-order valence-electron chi connectivity index (χ1n) is 6.86. The molecule has 1 aliphatic rings. The minimum Gasteiger partial charge on any atom is -0.391 e. The van der Waals surface area contributed by atoms with Crippen molar-refractivity contribution in [2.45, 2.75) is 31.1 Å². The highest BCUT2D eigenvalue weighted by molar-refractivity contribution is 7.98. The van der Waals surface area contributed by atoms with Crippen LogP contribution in [0.15, 0.2) is 30.3 Å². The predicted molar refractivity (Wildman–Crippen MR) is 78.9 cm³/mol. The van der Waals surface area contributed by atoms with Crippen LogP contribution in [0.25, 0.3) is 0 Å². The summed E-state index contributed by atoms with van der Waals surface area (Å²) in [6, 6.07) is 10.5. The van der Waals surface area contributed by atoms with Crippen LogP contribution in [-0.2, 0) is 5.75 Å². The molecule has 1 unspecified atom stereocenters. The van der Waals surface area contributed by atoms with Crippen LogP contribution in [0.5, 0.6) is 0 Å². The first-order chi connectivity index (χ1) is 8.84. The number of benzene rings is 1. The number of hydrogen-bond donors (Lipinski definition) is 1. The number of likely N-dealkylation sites (tertiary alicyclic amines) is 1. The molecule has 0 bridgehead atoms. The zero-order valence-electron chi connectivity index (χ0n) is 10.9. The Balaban J connectivity index is 1.61. The minimum absolute atomic E-state index is 0.184. The summed E-state index contributed by atoms with van der Waals surface area (Å²) in [5.41, 5.74) is 1.34. The Kier molecular flexibility index (Phi) is 6.05. The van der Waals surface area contributed by atoms with Gasteiger partial charge >= 0.3 is 0 Å². The molecule has 2 rings (SSSR count). The third-order valence-corrected chi connectivity index (χ3v) is 4.50. The summed E-state index contributed by atoms with van der Waals surface area (Å²) in [5, 5.41) is 10.0. The lowest BCUT2D eigenvalue weighted by atomic mass is 10.1. The van der Waals surface area contributed by atoms with Crippen LogP contribution in [0.4, 0.5) is 0 Å². The van der Waals surface area contributed by atoms with E-state index in [1.54, 1.807) is 0 Å². The van der Waals surface area contributed by atoms with E-state index in [-0.39, 0.29) is 6.10 Å². The number of thioether (sulfide) groups is 1. The summed E-state index contributed by atoms with van der Waals surface area (Å²) in [5.74, 6) is 1.84. The van der Waals surface area contributed by atoms with E-state index < -0.39 is 0 Å². The number of aliphatic hydroxyl groups is 1. The third-order valence-electron chi connectivity index (χ3n) is 3.34. The fourth-order valence-electron chi connectivity index (χ4n) is 2.38. The van der Waals surface area contributed by atoms with Crippen molar-refractivity contribution in [2.75, 3.05) is 25.4 Å². The molecule has 1 aromatic rings. The van der Waals surface area contributed by atoms with E-state index in [2.05, 4.69) is 29.2 Å². The van der Waals surface area contributed by atoms with Crippen LogP contribution in [0.3, 0.4) is 0 Å². The minimum atomic E-state index is -0.184. The summed E-state index contributed by atoms with van der Waals surface area (Å²) < 4.78 is 0. The quantitative estimate of drug-likeness (QED) is 0.855. The van der Waals surface area contributed by atoms with E-state index in [0.717, 1.165) is 18.1 Å². The van der Waals surface area contributed by atoms with Crippen LogP contribution in [0, 0.1) is 0 Å². The fourth-order valence-corrected chi connectivity index (χ4v) is 3.30. The first kappa shape index (κ1) is 13.9. The number of rotatable bonds is 6. The number of aliphatic hydroxyl groups excluding tert-OH is 1. The number of nitrogens with zero attached hydrogens (tertiary/aromatic N) is 1. The molecule has 0 radical (unpaired) electrons. The van der Waals surface area contributed by atoms with Gasteiger partial charge in [-0.2, -0.15) is 11.8 Å². The SMILES string of the molecule is OC(CSCc1ccccc1)CN1CCCCC1. The molecule has 0 aliphatic carbocycles. The normalized spacial score (nSPS) is 18.7. The van der Waals surface area contributed by atoms with Crippen LogP contribution in [-0.4, -0.2) is 41.5 Å². The summed E-state index contributed by atoms with van der Waals surface area (Å²) >= 11 is 1.83. The molecule has 18 heavy (non-hydrogen) atoms. The maximum atomic E-state index is 10.0. The van der Waals surface area contributed by atoms with E-state index in [1.165, 1.54) is 37.9 Å². The fraction of sp³-hybridized carbons (Fsp3) is 0.600. The highest BCUT2D eigenvalue weighted by Gasteiger charge is 2.14. The zero-order chi connectivity index (χ0) is 12.6. The highest BCUT2D eigenvalue weighted by atomic mass is 32.2. The lowest BCUT2D eigenvalue weighted by Gasteiger charge is -2.28. The molecule has 0 spiro atoms. The Morgan fingerprint density at radius 2 is 1.83 bits per heavy atom. The molecule has 1 atom stereocenters. The second-order valence-corrected chi connectivity index (χ2v) is 6.05. The molecule has 1 aromatic carbocycles. The molecule has 1 N–H and O–H groups in total. The maximum absolute atomic E-state index is 10.0. The van der Waals surface area contributed by atoms with Crippen molar-refractivity contribution in [3.8, 4) is 0 Å². The molecular formula is C15H23NOS. The Hall–Kier alpha value is -0.510. The van der Waals surface area contributed by atoms with Crippen LogP contribution in [0.1, 0.15) is 24.8 Å². The van der Waals surface area contributed by atoms with Gasteiger partial charge < -0.3 is 10.0 Å². The third kappa shape index (κ3) is 5.01. The molecule has 0 amide bonds. The van der Waals surface area contributed by atoms with Gasteiger partial charge in [-0.3, -0.25) is 0 Å². The molecule has 0 aromatic heterocycles. The van der Waals surface area contributed by atoms with Crippen LogP contribution in [0.2, 0.25) is 0 Å². The number of hydrogen-bond acceptors (Lipinski definition) is 3. The summed E-state index contributed by atoms with van der Waals surface area (Å²) in [6.07, 6.45) is 3.76. The molecule has 1 saturated heterocycles. The van der Waals surface area contributed by atoms with Gasteiger partial charge in [0.25, 0.3) is 0 Å². The number of β-amino-alcohol motifs (C(OH)–C–C–N with tert-alkyl or cyclic N) is 1. The number of piperidine rings is 1. The molecule has 0 saturated carbocycles. The molecule has 2 nitrogen and oxygen atoms in total. The summed E-state index contributed by atoms with van der Waals surface area (Å²) in [6.45, 7) is 3.18. The largest absolute Gasteiger partial charge is 0.391 e. The van der Waals surface area contributed by atoms with E-state index >= 15 is 0 Å². The van der Waals surface area contributed by atoms with Crippen molar-refractivity contribution in [1.82, 2.24) is 4.90 Å². The van der Waals surface area contributed by atoms with Gasteiger partial charge in [-0.15, -0.1) is 0 Å². The van der Waals surface area contributed by atoms with Gasteiger partial charge in [-0.25, -0.2) is 0 Å². The van der Waals surface area contributed by atoms with Crippen molar-refractivity contribution >= 4 is 11.8 Å². The van der Waals surface area contributed by atoms with E-state index in [0.29, 0.717) is 0 Å². The summed E-state index contributed by atoms with van der Waals surface area (Å²) in [4.78, 5) is 2.40. The standard InChI is InChI=1S/C15H23NOS/c17-15(11-16-9-5-2-6-10-16)13-18-12-14-7-3-1-4-8-14/h1,3-4,7-8,15,17H,2,5-6,9-13H2. The molecule has 1 heterocycles. The van der Waals surface area contributed by atoms with Crippen LogP contribution >= 0.6 is 11.8 Å². The molecule has 1 fully saturated rings. The van der Waals surface area contributed by atoms with E-state index in [9.17, 15) is 5.11 Å². The smallest absolute Gasteiger partial charge is 0.0757 e. The maximum Gasteiger partial charge on any atom is 0.0757 e. The van der Waals surface area contributed by atoms with Crippen molar-refractivity contribution in [3.63, 3.8) is 0 Å². The molecule has 1 aliphatic heterocycles.